The minimum Gasteiger partial charge on any atom is -0.394 e. The van der Waals surface area contributed by atoms with E-state index in [1.165, 1.54) is 0 Å². The van der Waals surface area contributed by atoms with Crippen LogP contribution < -0.4 is 5.32 Å². The van der Waals surface area contributed by atoms with Gasteiger partial charge >= 0.3 is 6.03 Å². The number of rotatable bonds is 2. The van der Waals surface area contributed by atoms with E-state index >= 15 is 0 Å². The van der Waals surface area contributed by atoms with E-state index in [-0.39, 0.29) is 13.0 Å². The number of nitrogens with zero attached hydrogens (tertiary/aromatic N) is 1. The van der Waals surface area contributed by atoms with Crippen LogP contribution in [0.1, 0.15) is 6.42 Å². The van der Waals surface area contributed by atoms with Crippen LogP contribution in [0.25, 0.3) is 0 Å². The second-order valence-electron chi connectivity index (χ2n) is 4.13. The van der Waals surface area contributed by atoms with Gasteiger partial charge in [0.25, 0.3) is 0 Å². The van der Waals surface area contributed by atoms with Crippen LogP contribution in [0, 0.1) is 0 Å². The van der Waals surface area contributed by atoms with Crippen LogP contribution in [0.5, 0.6) is 0 Å². The van der Waals surface area contributed by atoms with Crippen molar-refractivity contribution in [2.45, 2.75) is 37.3 Å². The van der Waals surface area contributed by atoms with Crippen molar-refractivity contribution < 1.29 is 29.2 Å². The van der Waals surface area contributed by atoms with Gasteiger partial charge in [-0.3, -0.25) is 4.90 Å². The van der Waals surface area contributed by atoms with Gasteiger partial charge in [0.15, 0.2) is 12.4 Å². The van der Waals surface area contributed by atoms with Gasteiger partial charge < -0.3 is 25.4 Å². The van der Waals surface area contributed by atoms with Crippen molar-refractivity contribution in [1.29, 1.82) is 0 Å². The van der Waals surface area contributed by atoms with Gasteiger partial charge in [-0.2, -0.15) is 0 Å². The Balaban J connectivity index is 2.05. The molecule has 5 atom stereocenters. The fraction of sp³-hybridized carbons (Fsp3) is 0.889. The van der Waals surface area contributed by atoms with E-state index in [1.54, 1.807) is 0 Å². The molecule has 2 heterocycles. The SMILES string of the molecule is O=C1NC(O)CCN1C1O[C@H](CO)[C@@H](O)[C@H]1F. The highest BCUT2D eigenvalue weighted by molar-refractivity contribution is 5.75. The molecule has 98 valence electrons. The van der Waals surface area contributed by atoms with E-state index in [9.17, 15) is 19.4 Å². The van der Waals surface area contributed by atoms with Crippen LogP contribution in [-0.2, 0) is 4.74 Å². The summed E-state index contributed by atoms with van der Waals surface area (Å²) in [5.74, 6) is 0. The molecule has 7 nitrogen and oxygen atoms in total. The number of alkyl halides is 1. The average molecular weight is 250 g/mol. The molecule has 4 N–H and O–H groups in total. The number of amides is 2. The van der Waals surface area contributed by atoms with Gasteiger partial charge in [-0.05, 0) is 0 Å². The Bertz CT molecular complexity index is 305. The second-order valence-corrected chi connectivity index (χ2v) is 4.13. The lowest BCUT2D eigenvalue weighted by atomic mass is 10.1. The summed E-state index contributed by atoms with van der Waals surface area (Å²) in [5.41, 5.74) is 0. The van der Waals surface area contributed by atoms with Gasteiger partial charge in [-0.1, -0.05) is 0 Å². The van der Waals surface area contributed by atoms with Crippen molar-refractivity contribution >= 4 is 6.03 Å². The quantitative estimate of drug-likeness (QED) is 0.460. The molecule has 2 saturated heterocycles. The first-order chi connectivity index (χ1) is 8.04. The van der Waals surface area contributed by atoms with Gasteiger partial charge in [0.2, 0.25) is 0 Å². The molecule has 2 rings (SSSR count). The Labute approximate surface area is 96.8 Å². The van der Waals surface area contributed by atoms with Gasteiger partial charge in [0, 0.05) is 13.0 Å². The molecule has 0 bridgehead atoms. The van der Waals surface area contributed by atoms with E-state index < -0.39 is 43.5 Å². The Morgan fingerprint density at radius 2 is 2.24 bits per heavy atom. The van der Waals surface area contributed by atoms with Crippen LogP contribution in [0.3, 0.4) is 0 Å². The van der Waals surface area contributed by atoms with Gasteiger partial charge in [-0.25, -0.2) is 9.18 Å². The minimum absolute atomic E-state index is 0.128. The topological polar surface area (TPSA) is 102 Å². The van der Waals surface area contributed by atoms with E-state index in [0.717, 1.165) is 4.90 Å². The highest BCUT2D eigenvalue weighted by Crippen LogP contribution is 2.27. The molecule has 2 aliphatic heterocycles. The first-order valence-corrected chi connectivity index (χ1v) is 5.38. The lowest BCUT2D eigenvalue weighted by Crippen LogP contribution is -2.57. The summed E-state index contributed by atoms with van der Waals surface area (Å²) < 4.78 is 18.8. The van der Waals surface area contributed by atoms with Crippen molar-refractivity contribution in [3.63, 3.8) is 0 Å². The van der Waals surface area contributed by atoms with Crippen molar-refractivity contribution in [2.24, 2.45) is 0 Å². The zero-order chi connectivity index (χ0) is 12.6. The normalized spacial score (nSPS) is 42.7. The number of hydrogen-bond donors (Lipinski definition) is 4. The maximum Gasteiger partial charge on any atom is 0.321 e. The molecule has 17 heavy (non-hydrogen) atoms. The molecular formula is C9H15FN2O5. The first-order valence-electron chi connectivity index (χ1n) is 5.38. The van der Waals surface area contributed by atoms with Crippen LogP contribution in [0.4, 0.5) is 9.18 Å². The number of urea groups is 1. The van der Waals surface area contributed by atoms with Crippen molar-refractivity contribution in [3.05, 3.63) is 0 Å². The highest BCUT2D eigenvalue weighted by atomic mass is 19.1. The molecule has 0 spiro atoms. The van der Waals surface area contributed by atoms with E-state index in [2.05, 4.69) is 5.32 Å². The number of aliphatic hydroxyl groups is 3. The highest BCUT2D eigenvalue weighted by Gasteiger charge is 2.48. The Hall–Kier alpha value is -0.960. The summed E-state index contributed by atoms with van der Waals surface area (Å²) in [5, 5.41) is 29.7. The molecule has 2 aliphatic rings. The number of ether oxygens (including phenoxy) is 1. The monoisotopic (exact) mass is 250 g/mol. The number of nitrogens with one attached hydrogen (secondary N) is 1. The molecule has 0 aliphatic carbocycles. The molecule has 0 aromatic carbocycles. The number of carbonyl (C=O) groups is 1. The fourth-order valence-electron chi connectivity index (χ4n) is 2.01. The van der Waals surface area contributed by atoms with Crippen molar-refractivity contribution in [3.8, 4) is 0 Å². The molecule has 0 aromatic rings. The average Bonchev–Trinajstić information content (AvgIpc) is 2.57. The molecule has 8 heteroatoms. The number of aliphatic hydroxyl groups excluding tert-OH is 3. The molecule has 0 saturated carbocycles. The molecule has 2 amide bonds. The molecule has 2 unspecified atom stereocenters. The minimum atomic E-state index is -1.77. The Kier molecular flexibility index (Phi) is 3.48. The van der Waals surface area contributed by atoms with E-state index in [0.29, 0.717) is 0 Å². The predicted molar refractivity (Wildman–Crippen MR) is 52.5 cm³/mol. The first kappa shape index (κ1) is 12.5. The predicted octanol–water partition coefficient (Wildman–Crippen LogP) is -1.86. The largest absolute Gasteiger partial charge is 0.394 e. The summed E-state index contributed by atoms with van der Waals surface area (Å²) in [6.07, 6.45) is -6.18. The molecule has 0 radical (unpaired) electrons. The Morgan fingerprint density at radius 1 is 1.53 bits per heavy atom. The fourth-order valence-corrected chi connectivity index (χ4v) is 2.01. The van der Waals surface area contributed by atoms with Crippen molar-refractivity contribution in [2.75, 3.05) is 13.2 Å². The summed E-state index contributed by atoms with van der Waals surface area (Å²) in [6, 6.07) is -0.651. The Morgan fingerprint density at radius 3 is 2.76 bits per heavy atom. The summed E-state index contributed by atoms with van der Waals surface area (Å²) in [7, 11) is 0. The third-order valence-electron chi connectivity index (χ3n) is 2.98. The zero-order valence-electron chi connectivity index (χ0n) is 8.99. The standard InChI is InChI=1S/C9H15FN2O5/c10-6-7(15)4(3-13)17-8(6)12-2-1-5(14)11-9(12)16/h4-8,13-15H,1-3H2,(H,11,16)/t4-,5?,6-,7-,8?/m1/s1. The molecular weight excluding hydrogens is 235 g/mol. The molecule has 2 fully saturated rings. The number of halogens is 1. The smallest absolute Gasteiger partial charge is 0.321 e. The third-order valence-corrected chi connectivity index (χ3v) is 2.98. The van der Waals surface area contributed by atoms with Gasteiger partial charge in [0.05, 0.1) is 6.61 Å². The summed E-state index contributed by atoms with van der Waals surface area (Å²) in [6.45, 7) is -0.390. The number of hydrogen-bond acceptors (Lipinski definition) is 5. The van der Waals surface area contributed by atoms with E-state index in [4.69, 9.17) is 9.84 Å². The second kappa shape index (κ2) is 4.73. The third kappa shape index (κ3) is 2.21. The van der Waals surface area contributed by atoms with Crippen LogP contribution in [0.15, 0.2) is 0 Å². The van der Waals surface area contributed by atoms with E-state index in [1.807, 2.05) is 0 Å². The maximum absolute atomic E-state index is 13.7. The lowest BCUT2D eigenvalue weighted by molar-refractivity contribution is -0.0804. The van der Waals surface area contributed by atoms with Crippen LogP contribution in [-0.4, -0.2) is 70.2 Å². The number of carbonyl (C=O) groups excluding carboxylic acids is 1. The lowest BCUT2D eigenvalue weighted by Gasteiger charge is -2.34. The molecule has 0 aromatic heterocycles. The zero-order valence-corrected chi connectivity index (χ0v) is 8.99. The van der Waals surface area contributed by atoms with Crippen molar-refractivity contribution in [1.82, 2.24) is 10.2 Å². The van der Waals surface area contributed by atoms with Gasteiger partial charge in [0.1, 0.15) is 18.4 Å². The van der Waals surface area contributed by atoms with Gasteiger partial charge in [-0.15, -0.1) is 0 Å². The van der Waals surface area contributed by atoms with Crippen LogP contribution >= 0.6 is 0 Å². The summed E-state index contributed by atoms with van der Waals surface area (Å²) >= 11 is 0. The van der Waals surface area contributed by atoms with Crippen LogP contribution in [0.2, 0.25) is 0 Å². The maximum atomic E-state index is 13.7. The summed E-state index contributed by atoms with van der Waals surface area (Å²) in [4.78, 5) is 12.6.